The van der Waals surface area contributed by atoms with Crippen molar-refractivity contribution in [2.24, 2.45) is 5.92 Å². The van der Waals surface area contributed by atoms with Crippen molar-refractivity contribution in [2.75, 3.05) is 37.4 Å². The molecule has 43 heavy (non-hydrogen) atoms. The number of hydrogen-bond acceptors (Lipinski definition) is 9. The molecule has 230 valence electrons. The predicted molar refractivity (Wildman–Crippen MR) is 173 cm³/mol. The van der Waals surface area contributed by atoms with Crippen molar-refractivity contribution in [3.63, 3.8) is 0 Å². The molecule has 1 saturated heterocycles. The van der Waals surface area contributed by atoms with Crippen molar-refractivity contribution in [3.05, 3.63) is 62.9 Å². The Kier molecular flexibility index (Phi) is 11.1. The van der Waals surface area contributed by atoms with Crippen LogP contribution in [0.2, 0.25) is 5.02 Å². The van der Waals surface area contributed by atoms with Gasteiger partial charge in [-0.15, -0.1) is 11.3 Å². The molecule has 9 nitrogen and oxygen atoms in total. The Hall–Kier alpha value is -3.12. The largest absolute Gasteiger partial charge is 0.479 e. The minimum absolute atomic E-state index is 0.0969. The van der Waals surface area contributed by atoms with E-state index in [0.717, 1.165) is 37.2 Å². The molecule has 0 saturated carbocycles. The number of esters is 2. The van der Waals surface area contributed by atoms with Gasteiger partial charge in [0.05, 0.1) is 27.2 Å². The van der Waals surface area contributed by atoms with Gasteiger partial charge in [0.2, 0.25) is 5.91 Å². The molecular formula is C31H35BrClN3O6S. The molecule has 0 radical (unpaired) electrons. The van der Waals surface area contributed by atoms with Gasteiger partial charge in [-0.05, 0) is 98.4 Å². The zero-order valence-corrected chi connectivity index (χ0v) is 27.6. The summed E-state index contributed by atoms with van der Waals surface area (Å²) in [7, 11) is 1.28. The van der Waals surface area contributed by atoms with Gasteiger partial charge in [0.15, 0.2) is 17.2 Å². The topological polar surface area (TPSA) is 115 Å². The third-order valence-corrected chi connectivity index (χ3v) is 9.20. The lowest BCUT2D eigenvalue weighted by molar-refractivity contribution is -0.157. The molecule has 12 heteroatoms. The fraction of sp³-hybridized carbons (Fsp3) is 0.387. The molecule has 1 atom stereocenters. The first kappa shape index (κ1) is 32.8. The zero-order chi connectivity index (χ0) is 31.1. The fourth-order valence-electron chi connectivity index (χ4n) is 4.72. The third kappa shape index (κ3) is 8.72. The number of anilines is 2. The van der Waals surface area contributed by atoms with E-state index in [1.807, 2.05) is 36.4 Å². The van der Waals surface area contributed by atoms with Gasteiger partial charge in [0, 0.05) is 5.69 Å². The minimum Gasteiger partial charge on any atom is -0.479 e. The first-order chi connectivity index (χ1) is 20.5. The average Bonchev–Trinajstić information content (AvgIpc) is 3.31. The Bertz CT molecular complexity index is 1470. The number of piperidine rings is 1. The molecule has 1 aliphatic heterocycles. The second-order valence-electron chi connectivity index (χ2n) is 11.0. The van der Waals surface area contributed by atoms with Crippen molar-refractivity contribution in [2.45, 2.75) is 45.3 Å². The second kappa shape index (κ2) is 14.6. The van der Waals surface area contributed by atoms with Crippen molar-refractivity contribution in [3.8, 4) is 16.2 Å². The molecule has 1 unspecified atom stereocenters. The average molecular weight is 693 g/mol. The van der Waals surface area contributed by atoms with E-state index in [4.69, 9.17) is 25.8 Å². The highest BCUT2D eigenvalue weighted by atomic mass is 79.9. The van der Waals surface area contributed by atoms with Crippen LogP contribution in [0.3, 0.4) is 0 Å². The summed E-state index contributed by atoms with van der Waals surface area (Å²) in [6, 6.07) is 14.2. The molecule has 3 aromatic rings. The molecular weight excluding hydrogens is 658 g/mol. The van der Waals surface area contributed by atoms with Crippen LogP contribution in [-0.2, 0) is 19.1 Å². The van der Waals surface area contributed by atoms with Crippen molar-refractivity contribution < 1.29 is 28.6 Å². The molecule has 0 bridgehead atoms. The lowest BCUT2D eigenvalue weighted by atomic mass is 9.89. The quantitative estimate of drug-likeness (QED) is 0.200. The van der Waals surface area contributed by atoms with Crippen LogP contribution in [0.1, 0.15) is 43.3 Å². The summed E-state index contributed by atoms with van der Waals surface area (Å²) in [6.07, 6.45) is 1.68. The van der Waals surface area contributed by atoms with E-state index >= 15 is 0 Å². The maximum Gasteiger partial charge on any atom is 0.351 e. The van der Waals surface area contributed by atoms with Gasteiger partial charge in [-0.2, -0.15) is 0 Å². The monoisotopic (exact) mass is 691 g/mol. The maximum absolute atomic E-state index is 13.6. The summed E-state index contributed by atoms with van der Waals surface area (Å²) < 4.78 is 16.6. The maximum atomic E-state index is 13.6. The highest BCUT2D eigenvalue weighted by Gasteiger charge is 2.31. The number of methoxy groups -OCH3 is 1. The Balaban J connectivity index is 1.61. The lowest BCUT2D eigenvalue weighted by Gasteiger charge is -2.31. The van der Waals surface area contributed by atoms with Crippen molar-refractivity contribution >= 4 is 68.1 Å². The molecule has 1 aromatic heterocycles. The van der Waals surface area contributed by atoms with Crippen molar-refractivity contribution in [1.82, 2.24) is 5.32 Å². The van der Waals surface area contributed by atoms with Crippen LogP contribution in [0, 0.1) is 5.92 Å². The van der Waals surface area contributed by atoms with Crippen LogP contribution in [0.15, 0.2) is 53.0 Å². The summed E-state index contributed by atoms with van der Waals surface area (Å²) in [5, 5.41) is 10.3. The van der Waals surface area contributed by atoms with Gasteiger partial charge < -0.3 is 30.2 Å². The molecule has 0 aliphatic carbocycles. The minimum atomic E-state index is -0.674. The Morgan fingerprint density at radius 1 is 1.12 bits per heavy atom. The van der Waals surface area contributed by atoms with Crippen LogP contribution in [-0.4, -0.2) is 56.3 Å². The number of nitrogens with one attached hydrogen (secondary N) is 3. The number of carbonyl (C=O) groups is 3. The Morgan fingerprint density at radius 3 is 2.51 bits per heavy atom. The second-order valence-corrected chi connectivity index (χ2v) is 13.3. The number of thiophene rings is 1. The fourth-order valence-corrected chi connectivity index (χ4v) is 6.87. The Labute approximate surface area is 268 Å². The first-order valence-corrected chi connectivity index (χ1v) is 15.8. The molecule has 1 aliphatic rings. The Morgan fingerprint density at radius 2 is 1.84 bits per heavy atom. The summed E-state index contributed by atoms with van der Waals surface area (Å²) in [6.45, 7) is 6.57. The molecule has 4 rings (SSSR count). The number of amides is 1. The van der Waals surface area contributed by atoms with E-state index in [2.05, 4.69) is 31.9 Å². The highest BCUT2D eigenvalue weighted by molar-refractivity contribution is 9.10. The number of ether oxygens (including phenoxy) is 3. The first-order valence-electron chi connectivity index (χ1n) is 13.8. The molecule has 1 fully saturated rings. The number of carbonyl (C=O) groups excluding carboxylic acids is 3. The van der Waals surface area contributed by atoms with E-state index in [0.29, 0.717) is 20.1 Å². The zero-order valence-electron chi connectivity index (χ0n) is 24.4. The van der Waals surface area contributed by atoms with Gasteiger partial charge in [-0.25, -0.2) is 9.59 Å². The summed E-state index contributed by atoms with van der Waals surface area (Å²) in [5.74, 6) is -1.03. The SMILES string of the molecule is COC(=O)c1sc(-c2cccc(NC(C(=O)Nc3ccccc3Cl)C3CCNCC3)c2)c(Br)c1OCC(=O)OC(C)(C)C. The van der Waals surface area contributed by atoms with Gasteiger partial charge in [-0.3, -0.25) is 4.79 Å². The van der Waals surface area contributed by atoms with Gasteiger partial charge in [0.1, 0.15) is 11.6 Å². The van der Waals surface area contributed by atoms with Crippen LogP contribution in [0.5, 0.6) is 5.75 Å². The molecule has 3 N–H and O–H groups in total. The number of benzene rings is 2. The normalized spacial score (nSPS) is 14.5. The summed E-state index contributed by atoms with van der Waals surface area (Å²) >= 11 is 11.1. The summed E-state index contributed by atoms with van der Waals surface area (Å²) in [5.41, 5.74) is 1.38. The standard InChI is InChI=1S/C31H35BrClN3O6S/c1-31(2,3)42-23(37)17-41-26-24(32)27(43-28(26)30(39)40-4)19-8-7-9-20(16-19)35-25(18-12-14-34-15-13-18)29(38)36-22-11-6-5-10-21(22)33/h5-11,16,18,25,34-35H,12-15,17H2,1-4H3,(H,36,38). The summed E-state index contributed by atoms with van der Waals surface area (Å²) in [4.78, 5) is 39.4. The molecule has 0 spiro atoms. The molecule has 2 heterocycles. The van der Waals surface area contributed by atoms with Crippen LogP contribution < -0.4 is 20.7 Å². The van der Waals surface area contributed by atoms with E-state index in [-0.39, 0.29) is 29.1 Å². The van der Waals surface area contributed by atoms with Crippen LogP contribution >= 0.6 is 38.9 Å². The third-order valence-electron chi connectivity index (χ3n) is 6.65. The van der Waals surface area contributed by atoms with E-state index in [1.165, 1.54) is 18.4 Å². The number of rotatable bonds is 10. The number of para-hydroxylation sites is 1. The van der Waals surface area contributed by atoms with Crippen LogP contribution in [0.25, 0.3) is 10.4 Å². The highest BCUT2D eigenvalue weighted by Crippen LogP contribution is 2.46. The van der Waals surface area contributed by atoms with Gasteiger partial charge in [-0.1, -0.05) is 35.9 Å². The lowest BCUT2D eigenvalue weighted by Crippen LogP contribution is -2.45. The number of halogens is 2. The molecule has 2 aromatic carbocycles. The van der Waals surface area contributed by atoms with E-state index in [1.54, 1.807) is 32.9 Å². The van der Waals surface area contributed by atoms with Gasteiger partial charge in [0.25, 0.3) is 0 Å². The smallest absolute Gasteiger partial charge is 0.351 e. The van der Waals surface area contributed by atoms with Crippen LogP contribution in [0.4, 0.5) is 11.4 Å². The molecule has 1 amide bonds. The van der Waals surface area contributed by atoms with Crippen molar-refractivity contribution in [1.29, 1.82) is 0 Å². The van der Waals surface area contributed by atoms with Gasteiger partial charge >= 0.3 is 11.9 Å². The van der Waals surface area contributed by atoms with E-state index in [9.17, 15) is 14.4 Å². The predicted octanol–water partition coefficient (Wildman–Crippen LogP) is 6.76. The van der Waals surface area contributed by atoms with E-state index < -0.39 is 23.6 Å². The number of hydrogen-bond donors (Lipinski definition) is 3.